The number of pyridine rings is 1. The number of amides is 1. The van der Waals surface area contributed by atoms with Crippen LogP contribution in [0.2, 0.25) is 0 Å². The summed E-state index contributed by atoms with van der Waals surface area (Å²) in [5.74, 6) is -1.06. The van der Waals surface area contributed by atoms with Gasteiger partial charge in [0.15, 0.2) is 5.69 Å². The number of aromatic nitrogens is 3. The van der Waals surface area contributed by atoms with Gasteiger partial charge in [-0.1, -0.05) is 0 Å². The topological polar surface area (TPSA) is 129 Å². The molecule has 2 aromatic heterocycles. The van der Waals surface area contributed by atoms with Crippen molar-refractivity contribution < 1.29 is 19.2 Å². The Balaban J connectivity index is 2.13. The van der Waals surface area contributed by atoms with E-state index in [0.29, 0.717) is 0 Å². The minimum absolute atomic E-state index is 0.00398. The third kappa shape index (κ3) is 3.67. The summed E-state index contributed by atoms with van der Waals surface area (Å²) in [6.45, 7) is 1.88. The van der Waals surface area contributed by atoms with Crippen LogP contribution in [0.4, 0.5) is 11.5 Å². The largest absolute Gasteiger partial charge is 0.461 e. The number of carbonyl (C=O) groups is 2. The van der Waals surface area contributed by atoms with Crippen molar-refractivity contribution in [3.63, 3.8) is 0 Å². The van der Waals surface area contributed by atoms with Crippen LogP contribution in [-0.2, 0) is 11.8 Å². The van der Waals surface area contributed by atoms with E-state index < -0.39 is 16.8 Å². The standard InChI is InChI=1S/C13H13N5O5/c1-3-23-13(20)10-6-9(16-17(10)2)12(19)15-11-5-4-8(7-14-11)18(21)22/h4-7H,3H2,1-2H3,(H,14,15,19). The second kappa shape index (κ2) is 6.64. The van der Waals surface area contributed by atoms with Crippen molar-refractivity contribution in [2.24, 2.45) is 7.05 Å². The minimum Gasteiger partial charge on any atom is -0.461 e. The molecule has 0 aliphatic rings. The number of ether oxygens (including phenoxy) is 1. The van der Waals surface area contributed by atoms with Gasteiger partial charge in [-0.25, -0.2) is 9.78 Å². The highest BCUT2D eigenvalue weighted by atomic mass is 16.6. The van der Waals surface area contributed by atoms with E-state index in [-0.39, 0.29) is 29.5 Å². The average molecular weight is 319 g/mol. The van der Waals surface area contributed by atoms with Crippen LogP contribution in [0.5, 0.6) is 0 Å². The molecule has 1 N–H and O–H groups in total. The lowest BCUT2D eigenvalue weighted by molar-refractivity contribution is -0.385. The van der Waals surface area contributed by atoms with E-state index in [2.05, 4.69) is 15.4 Å². The molecule has 0 aromatic carbocycles. The Morgan fingerprint density at radius 1 is 1.43 bits per heavy atom. The van der Waals surface area contributed by atoms with Crippen molar-refractivity contribution in [3.05, 3.63) is 45.9 Å². The summed E-state index contributed by atoms with van der Waals surface area (Å²) in [6, 6.07) is 3.80. The second-order valence-electron chi connectivity index (χ2n) is 4.37. The van der Waals surface area contributed by atoms with E-state index >= 15 is 0 Å². The van der Waals surface area contributed by atoms with Crippen LogP contribution < -0.4 is 5.32 Å². The van der Waals surface area contributed by atoms with Gasteiger partial charge in [-0.3, -0.25) is 19.6 Å². The van der Waals surface area contributed by atoms with Crippen LogP contribution in [-0.4, -0.2) is 38.2 Å². The van der Waals surface area contributed by atoms with E-state index in [1.165, 1.54) is 29.9 Å². The van der Waals surface area contributed by atoms with Crippen molar-refractivity contribution in [1.29, 1.82) is 0 Å². The van der Waals surface area contributed by atoms with Crippen LogP contribution in [0, 0.1) is 10.1 Å². The maximum absolute atomic E-state index is 12.1. The zero-order chi connectivity index (χ0) is 17.0. The van der Waals surface area contributed by atoms with Crippen molar-refractivity contribution >= 4 is 23.4 Å². The number of rotatable bonds is 5. The molecular weight excluding hydrogens is 306 g/mol. The Kier molecular flexibility index (Phi) is 4.64. The summed E-state index contributed by atoms with van der Waals surface area (Å²) in [4.78, 5) is 37.4. The molecule has 0 aliphatic heterocycles. The Morgan fingerprint density at radius 2 is 2.17 bits per heavy atom. The molecule has 0 bridgehead atoms. The van der Waals surface area contributed by atoms with Crippen LogP contribution in [0.25, 0.3) is 0 Å². The van der Waals surface area contributed by atoms with Gasteiger partial charge in [0.1, 0.15) is 17.7 Å². The van der Waals surface area contributed by atoms with Gasteiger partial charge >= 0.3 is 5.97 Å². The zero-order valence-electron chi connectivity index (χ0n) is 12.3. The molecule has 2 rings (SSSR count). The molecule has 1 amide bonds. The summed E-state index contributed by atoms with van der Waals surface area (Å²) in [5.41, 5.74) is -0.0604. The SMILES string of the molecule is CCOC(=O)c1cc(C(=O)Nc2ccc([N+](=O)[O-])cn2)nn1C. The van der Waals surface area contributed by atoms with Crippen molar-refractivity contribution in [2.45, 2.75) is 6.92 Å². The van der Waals surface area contributed by atoms with Gasteiger partial charge in [-0.05, 0) is 13.0 Å². The number of hydrogen-bond acceptors (Lipinski definition) is 7. The summed E-state index contributed by atoms with van der Waals surface area (Å²) < 4.78 is 6.08. The number of hydrogen-bond donors (Lipinski definition) is 1. The van der Waals surface area contributed by atoms with Gasteiger partial charge in [-0.15, -0.1) is 0 Å². The molecule has 10 heteroatoms. The summed E-state index contributed by atoms with van der Waals surface area (Å²) >= 11 is 0. The number of carbonyl (C=O) groups excluding carboxylic acids is 2. The molecule has 10 nitrogen and oxygen atoms in total. The lowest BCUT2D eigenvalue weighted by Crippen LogP contribution is -2.14. The fraction of sp³-hybridized carbons (Fsp3) is 0.231. The smallest absolute Gasteiger partial charge is 0.356 e. The first-order valence-corrected chi connectivity index (χ1v) is 6.55. The summed E-state index contributed by atoms with van der Waals surface area (Å²) in [6.07, 6.45) is 1.03. The van der Waals surface area contributed by atoms with Crippen LogP contribution in [0.1, 0.15) is 27.9 Å². The molecular formula is C13H13N5O5. The van der Waals surface area contributed by atoms with Crippen LogP contribution in [0.15, 0.2) is 24.4 Å². The molecule has 2 heterocycles. The Labute approximate surface area is 130 Å². The Bertz CT molecular complexity index is 753. The number of anilines is 1. The monoisotopic (exact) mass is 319 g/mol. The van der Waals surface area contributed by atoms with Gasteiger partial charge in [0.25, 0.3) is 11.6 Å². The second-order valence-corrected chi connectivity index (χ2v) is 4.37. The third-order valence-electron chi connectivity index (χ3n) is 2.80. The lowest BCUT2D eigenvalue weighted by atomic mass is 10.3. The van der Waals surface area contributed by atoms with Crippen LogP contribution >= 0.6 is 0 Å². The highest BCUT2D eigenvalue weighted by molar-refractivity contribution is 6.03. The Hall–Kier alpha value is -3.30. The molecule has 0 aliphatic carbocycles. The molecule has 0 atom stereocenters. The van der Waals surface area contributed by atoms with Crippen molar-refractivity contribution in [2.75, 3.05) is 11.9 Å². The number of nitrogens with one attached hydrogen (secondary N) is 1. The summed E-state index contributed by atoms with van der Waals surface area (Å²) in [7, 11) is 1.51. The molecule has 0 fully saturated rings. The van der Waals surface area contributed by atoms with Crippen molar-refractivity contribution in [1.82, 2.24) is 14.8 Å². The number of esters is 1. The van der Waals surface area contributed by atoms with Gasteiger partial charge in [0, 0.05) is 19.2 Å². The number of nitro groups is 1. The number of nitrogens with zero attached hydrogens (tertiary/aromatic N) is 4. The number of aryl methyl sites for hydroxylation is 1. The molecule has 0 unspecified atom stereocenters. The predicted molar refractivity (Wildman–Crippen MR) is 78.0 cm³/mol. The molecule has 23 heavy (non-hydrogen) atoms. The lowest BCUT2D eigenvalue weighted by Gasteiger charge is -2.01. The average Bonchev–Trinajstić information content (AvgIpc) is 2.90. The fourth-order valence-electron chi connectivity index (χ4n) is 1.72. The zero-order valence-corrected chi connectivity index (χ0v) is 12.3. The van der Waals surface area contributed by atoms with E-state index in [4.69, 9.17) is 4.74 Å². The highest BCUT2D eigenvalue weighted by Gasteiger charge is 2.19. The van der Waals surface area contributed by atoms with E-state index in [1.54, 1.807) is 6.92 Å². The molecule has 0 spiro atoms. The first kappa shape index (κ1) is 16.1. The maximum atomic E-state index is 12.1. The molecule has 2 aromatic rings. The third-order valence-corrected chi connectivity index (χ3v) is 2.80. The van der Waals surface area contributed by atoms with E-state index in [1.807, 2.05) is 0 Å². The van der Waals surface area contributed by atoms with Gasteiger partial charge in [0.2, 0.25) is 0 Å². The normalized spacial score (nSPS) is 10.2. The summed E-state index contributed by atoms with van der Waals surface area (Å²) in [5, 5.41) is 16.9. The van der Waals surface area contributed by atoms with Gasteiger partial charge in [-0.2, -0.15) is 5.10 Å². The maximum Gasteiger partial charge on any atom is 0.356 e. The fourth-order valence-corrected chi connectivity index (χ4v) is 1.72. The van der Waals surface area contributed by atoms with Gasteiger partial charge in [0.05, 0.1) is 11.5 Å². The Morgan fingerprint density at radius 3 is 2.74 bits per heavy atom. The predicted octanol–water partition coefficient (Wildman–Crippen LogP) is 1.15. The first-order valence-electron chi connectivity index (χ1n) is 6.55. The molecule has 0 saturated heterocycles. The van der Waals surface area contributed by atoms with E-state index in [9.17, 15) is 19.7 Å². The first-order chi connectivity index (χ1) is 10.9. The molecule has 120 valence electrons. The van der Waals surface area contributed by atoms with Gasteiger partial charge < -0.3 is 10.1 Å². The molecule has 0 radical (unpaired) electrons. The van der Waals surface area contributed by atoms with E-state index in [0.717, 1.165) is 6.20 Å². The van der Waals surface area contributed by atoms with Crippen molar-refractivity contribution in [3.8, 4) is 0 Å². The quantitative estimate of drug-likeness (QED) is 0.497. The molecule has 0 saturated carbocycles. The van der Waals surface area contributed by atoms with Crippen LogP contribution in [0.3, 0.4) is 0 Å². The highest BCUT2D eigenvalue weighted by Crippen LogP contribution is 2.13. The minimum atomic E-state index is -0.600.